The number of hydrogen-bond donors (Lipinski definition) is 1. The molecule has 1 aliphatic carbocycles. The van der Waals surface area contributed by atoms with E-state index in [1.165, 1.54) is 24.8 Å². The van der Waals surface area contributed by atoms with E-state index in [1.54, 1.807) is 0 Å². The topological polar surface area (TPSA) is 56.1 Å². The van der Waals surface area contributed by atoms with Crippen LogP contribution in [0.1, 0.15) is 64.3 Å². The zero-order valence-electron chi connectivity index (χ0n) is 20.3. The fourth-order valence-corrected chi connectivity index (χ4v) is 4.83. The lowest BCUT2D eigenvalue weighted by Gasteiger charge is -2.23. The number of hydrogen-bond acceptors (Lipinski definition) is 3. The molecule has 0 bridgehead atoms. The number of benzene rings is 2. The molecule has 1 fully saturated rings. The molecule has 176 valence electrons. The van der Waals surface area contributed by atoms with Gasteiger partial charge in [0.2, 0.25) is 5.91 Å². The van der Waals surface area contributed by atoms with Gasteiger partial charge in [-0.25, -0.2) is 4.98 Å². The van der Waals surface area contributed by atoms with Crippen LogP contribution in [0.5, 0.6) is 5.75 Å². The van der Waals surface area contributed by atoms with Crippen molar-refractivity contribution >= 4 is 16.9 Å². The zero-order valence-corrected chi connectivity index (χ0v) is 20.3. The molecule has 1 aliphatic rings. The Hall–Kier alpha value is -2.82. The molecule has 1 saturated carbocycles. The van der Waals surface area contributed by atoms with Crippen molar-refractivity contribution in [2.24, 2.45) is 5.92 Å². The number of aromatic nitrogens is 2. The molecule has 3 aromatic rings. The number of fused-ring (bicyclic) bond motifs is 1. The van der Waals surface area contributed by atoms with E-state index in [2.05, 4.69) is 48.9 Å². The summed E-state index contributed by atoms with van der Waals surface area (Å²) in [5, 5.41) is 3.15. The van der Waals surface area contributed by atoms with Gasteiger partial charge >= 0.3 is 0 Å². The Bertz CT molecular complexity index is 1070. The van der Waals surface area contributed by atoms with Crippen molar-refractivity contribution in [3.8, 4) is 5.75 Å². The van der Waals surface area contributed by atoms with E-state index in [4.69, 9.17) is 9.72 Å². The number of nitrogens with zero attached hydrogens (tertiary/aromatic N) is 2. The Morgan fingerprint density at radius 3 is 2.58 bits per heavy atom. The van der Waals surface area contributed by atoms with Gasteiger partial charge in [0.1, 0.15) is 18.2 Å². The third-order valence-electron chi connectivity index (χ3n) is 6.62. The molecular formula is C28H37N3O2. The van der Waals surface area contributed by atoms with Crippen LogP contribution in [-0.4, -0.2) is 28.6 Å². The summed E-state index contributed by atoms with van der Waals surface area (Å²) < 4.78 is 8.48. The van der Waals surface area contributed by atoms with Crippen molar-refractivity contribution in [3.63, 3.8) is 0 Å². The smallest absolute Gasteiger partial charge is 0.223 e. The predicted octanol–water partition coefficient (Wildman–Crippen LogP) is 5.65. The van der Waals surface area contributed by atoms with E-state index < -0.39 is 0 Å². The minimum Gasteiger partial charge on any atom is -0.491 e. The summed E-state index contributed by atoms with van der Waals surface area (Å²) in [5.74, 6) is 2.33. The first kappa shape index (κ1) is 23.3. The molecule has 1 amide bonds. The summed E-state index contributed by atoms with van der Waals surface area (Å²) in [6.07, 6.45) is 6.37. The molecule has 1 N–H and O–H groups in total. The van der Waals surface area contributed by atoms with Gasteiger partial charge in [-0.15, -0.1) is 0 Å². The van der Waals surface area contributed by atoms with Crippen LogP contribution in [-0.2, 0) is 23.2 Å². The number of ether oxygens (including phenoxy) is 1. The van der Waals surface area contributed by atoms with Gasteiger partial charge in [-0.3, -0.25) is 4.79 Å². The lowest BCUT2D eigenvalue weighted by atomic mass is 9.86. The molecule has 2 aromatic carbocycles. The molecular weight excluding hydrogens is 410 g/mol. The van der Waals surface area contributed by atoms with E-state index in [0.29, 0.717) is 26.1 Å². The van der Waals surface area contributed by atoms with Gasteiger partial charge in [-0.2, -0.15) is 0 Å². The summed E-state index contributed by atoms with van der Waals surface area (Å²) in [7, 11) is 0. The van der Waals surface area contributed by atoms with Crippen LogP contribution in [0.4, 0.5) is 0 Å². The van der Waals surface area contributed by atoms with E-state index in [0.717, 1.165) is 35.4 Å². The molecule has 0 aliphatic heterocycles. The predicted molar refractivity (Wildman–Crippen MR) is 134 cm³/mol. The standard InChI is InChI=1S/C28H37N3O2/c1-28(2,3)22-13-7-10-16-25(22)33-20-19-31-24-15-9-8-14-23(24)30-26(31)17-18-29-27(32)21-11-5-4-6-12-21/h7-10,13-16,21H,4-6,11-12,17-20H2,1-3H3,(H,29,32). The van der Waals surface area contributed by atoms with Gasteiger partial charge in [0.25, 0.3) is 0 Å². The lowest BCUT2D eigenvalue weighted by Crippen LogP contribution is -2.33. The molecule has 1 aromatic heterocycles. The van der Waals surface area contributed by atoms with Crippen LogP contribution in [0.2, 0.25) is 0 Å². The van der Waals surface area contributed by atoms with Crippen molar-refractivity contribution in [2.75, 3.05) is 13.2 Å². The average Bonchev–Trinajstić information content (AvgIpc) is 3.16. The van der Waals surface area contributed by atoms with E-state index >= 15 is 0 Å². The maximum absolute atomic E-state index is 12.5. The third kappa shape index (κ3) is 5.76. The Balaban J connectivity index is 1.42. The van der Waals surface area contributed by atoms with Gasteiger partial charge in [0.15, 0.2) is 0 Å². The van der Waals surface area contributed by atoms with Crippen molar-refractivity contribution in [2.45, 2.75) is 71.3 Å². The second-order valence-electron chi connectivity index (χ2n) is 10.1. The summed E-state index contributed by atoms with van der Waals surface area (Å²) in [4.78, 5) is 17.4. The highest BCUT2D eigenvalue weighted by atomic mass is 16.5. The minimum absolute atomic E-state index is 0.0278. The quantitative estimate of drug-likeness (QED) is 0.485. The first-order valence-electron chi connectivity index (χ1n) is 12.4. The fourth-order valence-electron chi connectivity index (χ4n) is 4.83. The third-order valence-corrected chi connectivity index (χ3v) is 6.62. The van der Waals surface area contributed by atoms with Crippen LogP contribution < -0.4 is 10.1 Å². The van der Waals surface area contributed by atoms with Crippen LogP contribution in [0.15, 0.2) is 48.5 Å². The number of carbonyl (C=O) groups is 1. The van der Waals surface area contributed by atoms with Gasteiger partial charge in [0.05, 0.1) is 17.6 Å². The van der Waals surface area contributed by atoms with Gasteiger partial charge in [-0.1, -0.05) is 70.4 Å². The largest absolute Gasteiger partial charge is 0.491 e. The molecule has 0 radical (unpaired) electrons. The molecule has 0 atom stereocenters. The number of nitrogens with one attached hydrogen (secondary N) is 1. The number of carbonyl (C=O) groups excluding carboxylic acids is 1. The number of rotatable bonds is 8. The maximum atomic E-state index is 12.5. The zero-order chi connectivity index (χ0) is 23.3. The van der Waals surface area contributed by atoms with E-state index in [-0.39, 0.29) is 17.2 Å². The lowest BCUT2D eigenvalue weighted by molar-refractivity contribution is -0.125. The summed E-state index contributed by atoms with van der Waals surface area (Å²) >= 11 is 0. The molecule has 5 nitrogen and oxygen atoms in total. The Kier molecular flexibility index (Phi) is 7.36. The minimum atomic E-state index is 0.0278. The average molecular weight is 448 g/mol. The van der Waals surface area contributed by atoms with E-state index in [9.17, 15) is 4.79 Å². The molecule has 1 heterocycles. The van der Waals surface area contributed by atoms with Crippen molar-refractivity contribution in [1.82, 2.24) is 14.9 Å². The van der Waals surface area contributed by atoms with Gasteiger partial charge in [-0.05, 0) is 42.0 Å². The summed E-state index contributed by atoms with van der Waals surface area (Å²) in [6.45, 7) is 8.51. The van der Waals surface area contributed by atoms with Crippen LogP contribution in [0, 0.1) is 5.92 Å². The normalized spacial score (nSPS) is 15.0. The number of imidazole rings is 1. The van der Waals surface area contributed by atoms with Crippen LogP contribution in [0.3, 0.4) is 0 Å². The van der Waals surface area contributed by atoms with Crippen LogP contribution >= 0.6 is 0 Å². The second-order valence-corrected chi connectivity index (χ2v) is 10.1. The molecule has 0 saturated heterocycles. The Morgan fingerprint density at radius 2 is 1.79 bits per heavy atom. The van der Waals surface area contributed by atoms with Crippen molar-refractivity contribution < 1.29 is 9.53 Å². The van der Waals surface area contributed by atoms with E-state index in [1.807, 2.05) is 30.3 Å². The number of amides is 1. The highest BCUT2D eigenvalue weighted by Crippen LogP contribution is 2.31. The monoisotopic (exact) mass is 447 g/mol. The van der Waals surface area contributed by atoms with Gasteiger partial charge < -0.3 is 14.6 Å². The second kappa shape index (κ2) is 10.4. The fraction of sp³-hybridized carbons (Fsp3) is 0.500. The van der Waals surface area contributed by atoms with Crippen molar-refractivity contribution in [3.05, 3.63) is 59.9 Å². The first-order chi connectivity index (χ1) is 15.9. The first-order valence-corrected chi connectivity index (χ1v) is 12.4. The molecule has 33 heavy (non-hydrogen) atoms. The van der Waals surface area contributed by atoms with Crippen molar-refractivity contribution in [1.29, 1.82) is 0 Å². The number of para-hydroxylation sites is 3. The molecule has 0 spiro atoms. The maximum Gasteiger partial charge on any atom is 0.223 e. The molecule has 0 unspecified atom stereocenters. The highest BCUT2D eigenvalue weighted by molar-refractivity contribution is 5.78. The van der Waals surface area contributed by atoms with Gasteiger partial charge in [0, 0.05) is 18.9 Å². The Labute approximate surface area is 197 Å². The van der Waals surface area contributed by atoms with Crippen LogP contribution in [0.25, 0.3) is 11.0 Å². The Morgan fingerprint density at radius 1 is 1.06 bits per heavy atom. The highest BCUT2D eigenvalue weighted by Gasteiger charge is 2.21. The molecule has 4 rings (SSSR count). The summed E-state index contributed by atoms with van der Waals surface area (Å²) in [5.41, 5.74) is 3.34. The summed E-state index contributed by atoms with van der Waals surface area (Å²) in [6, 6.07) is 16.5. The molecule has 5 heteroatoms. The SMILES string of the molecule is CC(C)(C)c1ccccc1OCCn1c(CCNC(=O)C2CCCCC2)nc2ccccc21.